The molecule has 1 aliphatic rings. The summed E-state index contributed by atoms with van der Waals surface area (Å²) in [5.74, 6) is -1.24. The minimum absolute atomic E-state index is 0.102. The Labute approximate surface area is 206 Å². The summed E-state index contributed by atoms with van der Waals surface area (Å²) >= 11 is 9.51. The highest BCUT2D eigenvalue weighted by Crippen LogP contribution is 2.44. The fraction of sp³-hybridized carbons (Fsp3) is 0.231. The molecule has 7 heteroatoms. The van der Waals surface area contributed by atoms with Gasteiger partial charge in [0.25, 0.3) is 0 Å². The number of aliphatic carboxylic acids is 1. The maximum absolute atomic E-state index is 13.2. The first-order chi connectivity index (χ1) is 15.9. The van der Waals surface area contributed by atoms with Crippen molar-refractivity contribution in [2.24, 2.45) is 0 Å². The highest BCUT2D eigenvalue weighted by atomic mass is 79.9. The summed E-state index contributed by atoms with van der Waals surface area (Å²) in [4.78, 5) is 26.6. The average Bonchev–Trinajstić information content (AvgIpc) is 3.13. The summed E-state index contributed by atoms with van der Waals surface area (Å²) in [6, 6.07) is 19.8. The normalized spacial score (nSPS) is 13.2. The number of fused-ring (bicyclic) bond motifs is 3. The quantitative estimate of drug-likeness (QED) is 0.363. The zero-order chi connectivity index (χ0) is 23.5. The van der Waals surface area contributed by atoms with Crippen molar-refractivity contribution in [1.29, 1.82) is 0 Å². The molecular formula is C26H23BrClNO4. The smallest absolute Gasteiger partial charge is 0.410 e. The zero-order valence-electron chi connectivity index (χ0n) is 18.0. The van der Waals surface area contributed by atoms with Gasteiger partial charge < -0.3 is 9.84 Å². The van der Waals surface area contributed by atoms with Gasteiger partial charge in [-0.05, 0) is 62.3 Å². The van der Waals surface area contributed by atoms with Crippen molar-refractivity contribution in [3.63, 3.8) is 0 Å². The van der Waals surface area contributed by atoms with Crippen molar-refractivity contribution < 1.29 is 19.4 Å². The maximum atomic E-state index is 13.2. The second-order valence-corrected chi connectivity index (χ2v) is 9.17. The van der Waals surface area contributed by atoms with Crippen LogP contribution in [-0.4, -0.2) is 35.2 Å². The molecule has 3 aromatic carbocycles. The number of hydrogen-bond acceptors (Lipinski definition) is 3. The third-order valence-corrected chi connectivity index (χ3v) is 7.07. The number of carbonyl (C=O) groups excluding carboxylic acids is 1. The van der Waals surface area contributed by atoms with Gasteiger partial charge in [-0.15, -0.1) is 0 Å². The van der Waals surface area contributed by atoms with Crippen molar-refractivity contribution in [2.75, 3.05) is 13.2 Å². The van der Waals surface area contributed by atoms with Crippen LogP contribution in [0.25, 0.3) is 11.1 Å². The molecule has 0 saturated carbocycles. The van der Waals surface area contributed by atoms with E-state index < -0.39 is 18.1 Å². The summed E-state index contributed by atoms with van der Waals surface area (Å²) < 4.78 is 6.40. The van der Waals surface area contributed by atoms with Crippen molar-refractivity contribution in [2.45, 2.75) is 25.3 Å². The molecule has 0 fully saturated rings. The van der Waals surface area contributed by atoms with Gasteiger partial charge in [-0.3, -0.25) is 4.90 Å². The number of hydrogen-bond donors (Lipinski definition) is 1. The van der Waals surface area contributed by atoms with Crippen molar-refractivity contribution in [3.8, 4) is 11.1 Å². The molecule has 33 heavy (non-hydrogen) atoms. The molecule has 0 heterocycles. The van der Waals surface area contributed by atoms with E-state index in [-0.39, 0.29) is 19.1 Å². The first kappa shape index (κ1) is 23.3. The Hall–Kier alpha value is -2.83. The van der Waals surface area contributed by atoms with E-state index in [9.17, 15) is 14.7 Å². The molecule has 170 valence electrons. The number of carboxylic acid groups (broad SMARTS) is 1. The standard InChI is InChI=1S/C26H23BrClNO4/c1-2-13-29(24(25(30)31)16-11-12-22(27)23(28)14-16)26(32)33-15-21-19-9-5-3-7-17(19)18-8-4-6-10-20(18)21/h3-12,14,21,24H,2,13,15H2,1H3,(H,30,31). The van der Waals surface area contributed by atoms with Crippen molar-refractivity contribution in [3.05, 3.63) is 92.9 Å². The lowest BCUT2D eigenvalue weighted by Crippen LogP contribution is -2.40. The Bertz CT molecular complexity index is 1150. The Balaban J connectivity index is 1.59. The summed E-state index contributed by atoms with van der Waals surface area (Å²) in [6.45, 7) is 2.25. The number of halogens is 2. The highest BCUT2D eigenvalue weighted by molar-refractivity contribution is 9.10. The van der Waals surface area contributed by atoms with Gasteiger partial charge in [-0.25, -0.2) is 9.59 Å². The summed E-state index contributed by atoms with van der Waals surface area (Å²) in [5.41, 5.74) is 4.88. The molecule has 3 aromatic rings. The summed E-state index contributed by atoms with van der Waals surface area (Å²) in [5, 5.41) is 10.3. The third-order valence-electron chi connectivity index (χ3n) is 5.84. The predicted octanol–water partition coefficient (Wildman–Crippen LogP) is 6.89. The first-order valence-corrected chi connectivity index (χ1v) is 11.9. The number of rotatable bonds is 7. The van der Waals surface area contributed by atoms with Gasteiger partial charge in [0.05, 0.1) is 5.02 Å². The Morgan fingerprint density at radius 2 is 1.67 bits per heavy atom. The summed E-state index contributed by atoms with van der Waals surface area (Å²) in [7, 11) is 0. The monoisotopic (exact) mass is 527 g/mol. The van der Waals surface area contributed by atoms with Gasteiger partial charge in [0, 0.05) is 16.9 Å². The van der Waals surface area contributed by atoms with E-state index in [0.29, 0.717) is 21.5 Å². The molecule has 1 amide bonds. The van der Waals surface area contributed by atoms with Crippen LogP contribution < -0.4 is 0 Å². The molecule has 1 atom stereocenters. The maximum Gasteiger partial charge on any atom is 0.410 e. The molecule has 5 nitrogen and oxygen atoms in total. The van der Waals surface area contributed by atoms with Crippen LogP contribution >= 0.6 is 27.5 Å². The molecule has 1 aliphatic carbocycles. The SMILES string of the molecule is CCCN(C(=O)OCC1c2ccccc2-c2ccccc21)C(C(=O)O)c1ccc(Br)c(Cl)c1. The molecule has 1 unspecified atom stereocenters. The molecule has 0 saturated heterocycles. The Morgan fingerprint density at radius 1 is 1.06 bits per heavy atom. The zero-order valence-corrected chi connectivity index (χ0v) is 20.3. The molecule has 0 aromatic heterocycles. The minimum atomic E-state index is -1.20. The Kier molecular flexibility index (Phi) is 7.05. The van der Waals surface area contributed by atoms with Crippen LogP contribution in [0.2, 0.25) is 5.02 Å². The molecule has 0 radical (unpaired) electrons. The third kappa shape index (κ3) is 4.63. The topological polar surface area (TPSA) is 66.8 Å². The van der Waals surface area contributed by atoms with Gasteiger partial charge in [0.15, 0.2) is 6.04 Å². The Morgan fingerprint density at radius 3 is 2.21 bits per heavy atom. The van der Waals surface area contributed by atoms with Crippen LogP contribution in [0.5, 0.6) is 0 Å². The van der Waals surface area contributed by atoms with Gasteiger partial charge in [-0.1, -0.05) is 73.1 Å². The van der Waals surface area contributed by atoms with Crippen LogP contribution in [0.4, 0.5) is 4.79 Å². The van der Waals surface area contributed by atoms with Crippen LogP contribution in [0.1, 0.15) is 42.0 Å². The second-order valence-electron chi connectivity index (χ2n) is 7.91. The van der Waals surface area contributed by atoms with Gasteiger partial charge in [0.1, 0.15) is 6.61 Å². The van der Waals surface area contributed by atoms with E-state index >= 15 is 0 Å². The first-order valence-electron chi connectivity index (χ1n) is 10.7. The van der Waals surface area contributed by atoms with Gasteiger partial charge in [-0.2, -0.15) is 0 Å². The minimum Gasteiger partial charge on any atom is -0.479 e. The van der Waals surface area contributed by atoms with Crippen molar-refractivity contribution in [1.82, 2.24) is 4.90 Å². The van der Waals surface area contributed by atoms with E-state index in [1.165, 1.54) is 4.90 Å². The van der Waals surface area contributed by atoms with E-state index in [1.54, 1.807) is 18.2 Å². The number of carbonyl (C=O) groups is 2. The lowest BCUT2D eigenvalue weighted by molar-refractivity contribution is -0.143. The molecule has 0 aliphatic heterocycles. The molecule has 4 rings (SSSR count). The molecule has 0 spiro atoms. The number of carboxylic acids is 1. The molecule has 0 bridgehead atoms. The second kappa shape index (κ2) is 9.98. The summed E-state index contributed by atoms with van der Waals surface area (Å²) in [6.07, 6.45) is -0.0803. The highest BCUT2D eigenvalue weighted by Gasteiger charge is 2.34. The lowest BCUT2D eigenvalue weighted by atomic mass is 9.98. The van der Waals surface area contributed by atoms with Crippen LogP contribution in [-0.2, 0) is 9.53 Å². The lowest BCUT2D eigenvalue weighted by Gasteiger charge is -2.29. The molecular weight excluding hydrogens is 506 g/mol. The van der Waals surface area contributed by atoms with E-state index in [0.717, 1.165) is 22.3 Å². The van der Waals surface area contributed by atoms with Crippen molar-refractivity contribution >= 4 is 39.6 Å². The van der Waals surface area contributed by atoms with Gasteiger partial charge in [0.2, 0.25) is 0 Å². The van der Waals surface area contributed by atoms with E-state index in [2.05, 4.69) is 28.1 Å². The van der Waals surface area contributed by atoms with E-state index in [1.807, 2.05) is 43.3 Å². The van der Waals surface area contributed by atoms with Crippen LogP contribution in [0.15, 0.2) is 71.2 Å². The largest absolute Gasteiger partial charge is 0.479 e. The predicted molar refractivity (Wildman–Crippen MR) is 132 cm³/mol. The average molecular weight is 529 g/mol. The van der Waals surface area contributed by atoms with Crippen LogP contribution in [0.3, 0.4) is 0 Å². The number of nitrogens with zero attached hydrogens (tertiary/aromatic N) is 1. The van der Waals surface area contributed by atoms with E-state index in [4.69, 9.17) is 16.3 Å². The number of benzene rings is 3. The fourth-order valence-corrected chi connectivity index (χ4v) is 4.82. The number of amides is 1. The van der Waals surface area contributed by atoms with Gasteiger partial charge >= 0.3 is 12.1 Å². The van der Waals surface area contributed by atoms with Crippen LogP contribution in [0, 0.1) is 0 Å². The fourth-order valence-electron chi connectivity index (χ4n) is 4.38. The number of ether oxygens (including phenoxy) is 1. The molecule has 1 N–H and O–H groups in total.